The average molecular weight is 239 g/mol. The van der Waals surface area contributed by atoms with Crippen molar-refractivity contribution in [2.24, 2.45) is 17.3 Å². The third-order valence-electron chi connectivity index (χ3n) is 4.50. The highest BCUT2D eigenvalue weighted by Gasteiger charge is 2.30. The van der Waals surface area contributed by atoms with Crippen molar-refractivity contribution in [3.05, 3.63) is 0 Å². The van der Waals surface area contributed by atoms with Crippen LogP contribution in [0.3, 0.4) is 0 Å². The van der Waals surface area contributed by atoms with Gasteiger partial charge in [-0.3, -0.25) is 0 Å². The standard InChI is InChI=1S/C15H29NO/c1-15(2,3)14-7-4-8-16(11-14)10-13-6-5-9-17-12-13/h13-14H,4-12H2,1-3H3. The zero-order valence-electron chi connectivity index (χ0n) is 11.9. The Balaban J connectivity index is 1.80. The number of hydrogen-bond donors (Lipinski definition) is 0. The molecule has 2 nitrogen and oxygen atoms in total. The van der Waals surface area contributed by atoms with E-state index in [-0.39, 0.29) is 0 Å². The quantitative estimate of drug-likeness (QED) is 0.734. The Morgan fingerprint density at radius 1 is 1.18 bits per heavy atom. The minimum Gasteiger partial charge on any atom is -0.381 e. The summed E-state index contributed by atoms with van der Waals surface area (Å²) in [7, 11) is 0. The van der Waals surface area contributed by atoms with E-state index in [0.717, 1.165) is 25.0 Å². The highest BCUT2D eigenvalue weighted by Crippen LogP contribution is 2.33. The molecule has 2 rings (SSSR count). The van der Waals surface area contributed by atoms with Crippen LogP contribution in [0.5, 0.6) is 0 Å². The highest BCUT2D eigenvalue weighted by molar-refractivity contribution is 4.82. The van der Waals surface area contributed by atoms with Gasteiger partial charge in [-0.2, -0.15) is 0 Å². The Labute approximate surface area is 107 Å². The summed E-state index contributed by atoms with van der Waals surface area (Å²) in [5.74, 6) is 1.67. The van der Waals surface area contributed by atoms with Crippen molar-refractivity contribution in [3.63, 3.8) is 0 Å². The first-order chi connectivity index (χ1) is 8.05. The molecule has 2 heterocycles. The Bertz CT molecular complexity index is 228. The molecule has 0 radical (unpaired) electrons. The largest absolute Gasteiger partial charge is 0.381 e. The minimum absolute atomic E-state index is 0.474. The molecule has 0 aliphatic carbocycles. The average Bonchev–Trinajstić information content (AvgIpc) is 2.29. The van der Waals surface area contributed by atoms with Crippen molar-refractivity contribution >= 4 is 0 Å². The topological polar surface area (TPSA) is 12.5 Å². The van der Waals surface area contributed by atoms with Crippen molar-refractivity contribution in [1.29, 1.82) is 0 Å². The van der Waals surface area contributed by atoms with Gasteiger partial charge >= 0.3 is 0 Å². The first-order valence-electron chi connectivity index (χ1n) is 7.36. The van der Waals surface area contributed by atoms with Crippen LogP contribution < -0.4 is 0 Å². The molecule has 2 aliphatic rings. The summed E-state index contributed by atoms with van der Waals surface area (Å²) in [4.78, 5) is 2.69. The van der Waals surface area contributed by atoms with Crippen LogP contribution in [0.15, 0.2) is 0 Å². The summed E-state index contributed by atoms with van der Waals surface area (Å²) in [6.45, 7) is 13.0. The number of piperidine rings is 1. The van der Waals surface area contributed by atoms with E-state index in [1.54, 1.807) is 0 Å². The van der Waals surface area contributed by atoms with Crippen LogP contribution in [0.4, 0.5) is 0 Å². The Morgan fingerprint density at radius 2 is 2.00 bits per heavy atom. The predicted molar refractivity (Wildman–Crippen MR) is 72.2 cm³/mol. The van der Waals surface area contributed by atoms with E-state index in [0.29, 0.717) is 5.41 Å². The summed E-state index contributed by atoms with van der Waals surface area (Å²) in [6, 6.07) is 0. The maximum absolute atomic E-state index is 5.59. The summed E-state index contributed by atoms with van der Waals surface area (Å²) in [6.07, 6.45) is 5.44. The molecule has 2 saturated heterocycles. The van der Waals surface area contributed by atoms with Crippen LogP contribution in [0.2, 0.25) is 0 Å². The predicted octanol–water partition coefficient (Wildman–Crippen LogP) is 3.17. The number of hydrogen-bond acceptors (Lipinski definition) is 2. The lowest BCUT2D eigenvalue weighted by molar-refractivity contribution is 0.0222. The summed E-state index contributed by atoms with van der Waals surface area (Å²) < 4.78 is 5.59. The third-order valence-corrected chi connectivity index (χ3v) is 4.50. The monoisotopic (exact) mass is 239 g/mol. The molecule has 0 amide bonds. The molecule has 2 unspecified atom stereocenters. The first kappa shape index (κ1) is 13.4. The molecular weight excluding hydrogens is 210 g/mol. The maximum Gasteiger partial charge on any atom is 0.0506 e. The molecule has 2 aliphatic heterocycles. The lowest BCUT2D eigenvalue weighted by Gasteiger charge is -2.41. The van der Waals surface area contributed by atoms with Gasteiger partial charge in [-0.05, 0) is 49.5 Å². The second-order valence-electron chi connectivity index (χ2n) is 7.05. The Hall–Kier alpha value is -0.0800. The molecule has 0 saturated carbocycles. The van der Waals surface area contributed by atoms with Gasteiger partial charge in [-0.15, -0.1) is 0 Å². The van der Waals surface area contributed by atoms with E-state index in [4.69, 9.17) is 4.74 Å². The zero-order valence-corrected chi connectivity index (χ0v) is 11.9. The number of ether oxygens (including phenoxy) is 1. The van der Waals surface area contributed by atoms with E-state index < -0.39 is 0 Å². The fraction of sp³-hybridized carbons (Fsp3) is 1.00. The highest BCUT2D eigenvalue weighted by atomic mass is 16.5. The second-order valence-corrected chi connectivity index (χ2v) is 7.05. The lowest BCUT2D eigenvalue weighted by atomic mass is 9.76. The number of likely N-dealkylation sites (tertiary alicyclic amines) is 1. The molecule has 17 heavy (non-hydrogen) atoms. The van der Waals surface area contributed by atoms with Gasteiger partial charge in [0, 0.05) is 19.7 Å². The van der Waals surface area contributed by atoms with E-state index in [9.17, 15) is 0 Å². The van der Waals surface area contributed by atoms with Crippen LogP contribution in [0.25, 0.3) is 0 Å². The SMILES string of the molecule is CC(C)(C)C1CCCN(CC2CCCOC2)C1. The van der Waals surface area contributed by atoms with Crippen LogP contribution in [0, 0.1) is 17.3 Å². The van der Waals surface area contributed by atoms with Crippen LogP contribution >= 0.6 is 0 Å². The normalized spacial score (nSPS) is 32.6. The van der Waals surface area contributed by atoms with Gasteiger partial charge in [0.2, 0.25) is 0 Å². The fourth-order valence-electron chi connectivity index (χ4n) is 3.24. The molecule has 2 fully saturated rings. The lowest BCUT2D eigenvalue weighted by Crippen LogP contribution is -2.43. The van der Waals surface area contributed by atoms with Gasteiger partial charge < -0.3 is 9.64 Å². The van der Waals surface area contributed by atoms with Gasteiger partial charge in [0.15, 0.2) is 0 Å². The molecule has 0 spiro atoms. The van der Waals surface area contributed by atoms with Crippen molar-refractivity contribution < 1.29 is 4.74 Å². The van der Waals surface area contributed by atoms with Gasteiger partial charge in [-0.1, -0.05) is 20.8 Å². The van der Waals surface area contributed by atoms with Crippen molar-refractivity contribution in [1.82, 2.24) is 4.90 Å². The van der Waals surface area contributed by atoms with Crippen molar-refractivity contribution in [2.75, 3.05) is 32.8 Å². The number of rotatable bonds is 2. The van der Waals surface area contributed by atoms with Crippen molar-refractivity contribution in [3.8, 4) is 0 Å². The molecular formula is C15H29NO. The van der Waals surface area contributed by atoms with Gasteiger partial charge in [0.25, 0.3) is 0 Å². The molecule has 0 aromatic carbocycles. The number of nitrogens with zero attached hydrogens (tertiary/aromatic N) is 1. The van der Waals surface area contributed by atoms with Gasteiger partial charge in [-0.25, -0.2) is 0 Å². The van der Waals surface area contributed by atoms with Crippen LogP contribution in [0.1, 0.15) is 46.5 Å². The molecule has 0 aromatic rings. The first-order valence-corrected chi connectivity index (χ1v) is 7.36. The summed E-state index contributed by atoms with van der Waals surface area (Å²) in [5.41, 5.74) is 0.474. The van der Waals surface area contributed by atoms with Gasteiger partial charge in [0.1, 0.15) is 0 Å². The van der Waals surface area contributed by atoms with E-state index >= 15 is 0 Å². The molecule has 0 N–H and O–H groups in total. The van der Waals surface area contributed by atoms with E-state index in [2.05, 4.69) is 25.7 Å². The van der Waals surface area contributed by atoms with E-state index in [1.807, 2.05) is 0 Å². The third kappa shape index (κ3) is 3.96. The van der Waals surface area contributed by atoms with E-state index in [1.165, 1.54) is 45.3 Å². The Kier molecular flexibility index (Phi) is 4.48. The second kappa shape index (κ2) is 5.71. The zero-order chi connectivity index (χ0) is 12.3. The smallest absolute Gasteiger partial charge is 0.0506 e. The van der Waals surface area contributed by atoms with Crippen LogP contribution in [-0.2, 0) is 4.74 Å². The molecule has 100 valence electrons. The van der Waals surface area contributed by atoms with Crippen LogP contribution in [-0.4, -0.2) is 37.7 Å². The minimum atomic E-state index is 0.474. The summed E-state index contributed by atoms with van der Waals surface area (Å²) >= 11 is 0. The molecule has 2 heteroatoms. The van der Waals surface area contributed by atoms with Gasteiger partial charge in [0.05, 0.1) is 6.61 Å². The summed E-state index contributed by atoms with van der Waals surface area (Å²) in [5, 5.41) is 0. The Morgan fingerprint density at radius 3 is 2.65 bits per heavy atom. The molecule has 0 bridgehead atoms. The molecule has 2 atom stereocenters. The van der Waals surface area contributed by atoms with Crippen molar-refractivity contribution in [2.45, 2.75) is 46.5 Å². The maximum atomic E-state index is 5.59. The fourth-order valence-corrected chi connectivity index (χ4v) is 3.24. The molecule has 0 aromatic heterocycles.